The van der Waals surface area contributed by atoms with E-state index in [4.69, 9.17) is 5.26 Å². The van der Waals surface area contributed by atoms with Crippen molar-refractivity contribution in [2.24, 2.45) is 0 Å². The summed E-state index contributed by atoms with van der Waals surface area (Å²) >= 11 is 0. The van der Waals surface area contributed by atoms with E-state index in [0.29, 0.717) is 18.7 Å². The molecule has 92 valence electrons. The lowest BCUT2D eigenvalue weighted by Crippen LogP contribution is -2.46. The van der Waals surface area contributed by atoms with Crippen molar-refractivity contribution in [3.05, 3.63) is 12.2 Å². The van der Waals surface area contributed by atoms with Crippen LogP contribution >= 0.6 is 0 Å². The minimum absolute atomic E-state index is 0.0215. The maximum atomic E-state index is 11.6. The lowest BCUT2D eigenvalue weighted by molar-refractivity contribution is -0.128. The van der Waals surface area contributed by atoms with Crippen molar-refractivity contribution in [2.45, 2.75) is 32.2 Å². The normalized spacial score (nSPS) is 16.1. The number of hydrogen-bond acceptors (Lipinski definition) is 3. The number of likely N-dealkylation sites (tertiary alicyclic amines) is 1. The molecule has 0 aromatic rings. The molecule has 0 radical (unpaired) electrons. The second-order valence-electron chi connectivity index (χ2n) is 4.25. The fraction of sp³-hybridized carbons (Fsp3) is 0.583. The second kappa shape index (κ2) is 6.04. The molecule has 1 aliphatic rings. The van der Waals surface area contributed by atoms with Crippen molar-refractivity contribution in [3.8, 4) is 6.07 Å². The van der Waals surface area contributed by atoms with Crippen LogP contribution in [0.4, 0.5) is 0 Å². The molecule has 0 spiro atoms. The van der Waals surface area contributed by atoms with E-state index in [-0.39, 0.29) is 24.3 Å². The molecule has 1 fully saturated rings. The topological polar surface area (TPSA) is 73.2 Å². The summed E-state index contributed by atoms with van der Waals surface area (Å²) in [6, 6.07) is 1.88. The van der Waals surface area contributed by atoms with E-state index >= 15 is 0 Å². The number of nitrogens with one attached hydrogen (secondary N) is 1. The Morgan fingerprint density at radius 1 is 1.47 bits per heavy atom. The molecule has 0 bridgehead atoms. The van der Waals surface area contributed by atoms with E-state index < -0.39 is 0 Å². The van der Waals surface area contributed by atoms with Gasteiger partial charge in [-0.2, -0.15) is 5.26 Å². The highest BCUT2D eigenvalue weighted by atomic mass is 16.2. The van der Waals surface area contributed by atoms with Crippen LogP contribution in [0.2, 0.25) is 0 Å². The highest BCUT2D eigenvalue weighted by Crippen LogP contribution is 2.12. The van der Waals surface area contributed by atoms with Crippen LogP contribution in [0.5, 0.6) is 0 Å². The van der Waals surface area contributed by atoms with Crippen molar-refractivity contribution >= 4 is 11.8 Å². The number of rotatable bonds is 3. The summed E-state index contributed by atoms with van der Waals surface area (Å²) < 4.78 is 0. The molecule has 1 heterocycles. The molecule has 1 aliphatic heterocycles. The molecule has 1 rings (SSSR count). The van der Waals surface area contributed by atoms with Gasteiger partial charge in [0, 0.05) is 24.7 Å². The largest absolute Gasteiger partial charge is 0.352 e. The van der Waals surface area contributed by atoms with Gasteiger partial charge >= 0.3 is 0 Å². The summed E-state index contributed by atoms with van der Waals surface area (Å²) in [6.45, 7) is 6.58. The summed E-state index contributed by atoms with van der Waals surface area (Å²) in [5, 5.41) is 11.2. The first-order chi connectivity index (χ1) is 8.04. The molecule has 0 unspecified atom stereocenters. The molecule has 0 atom stereocenters. The summed E-state index contributed by atoms with van der Waals surface area (Å²) in [5.41, 5.74) is 0.539. The van der Waals surface area contributed by atoms with Crippen molar-refractivity contribution in [2.75, 3.05) is 13.1 Å². The van der Waals surface area contributed by atoms with Gasteiger partial charge in [-0.1, -0.05) is 6.58 Å². The molecular formula is C12H17N3O2. The summed E-state index contributed by atoms with van der Waals surface area (Å²) in [6.07, 6.45) is 1.36. The van der Waals surface area contributed by atoms with E-state index in [1.165, 1.54) is 0 Å². The Morgan fingerprint density at radius 2 is 2.06 bits per heavy atom. The molecular weight excluding hydrogens is 218 g/mol. The van der Waals surface area contributed by atoms with Crippen LogP contribution in [0.25, 0.3) is 0 Å². The van der Waals surface area contributed by atoms with Crippen LogP contribution in [-0.2, 0) is 9.59 Å². The maximum Gasteiger partial charge on any atom is 0.248 e. The SMILES string of the molecule is C=C(C)C(=O)N1CCC(NC(=O)CC#N)CC1. The molecule has 5 nitrogen and oxygen atoms in total. The molecule has 0 aromatic heterocycles. The van der Waals surface area contributed by atoms with Gasteiger partial charge in [-0.3, -0.25) is 9.59 Å². The lowest BCUT2D eigenvalue weighted by atomic mass is 10.0. The molecule has 17 heavy (non-hydrogen) atoms. The van der Waals surface area contributed by atoms with Crippen molar-refractivity contribution in [1.82, 2.24) is 10.2 Å². The third-order valence-corrected chi connectivity index (χ3v) is 2.75. The minimum atomic E-state index is -0.239. The van der Waals surface area contributed by atoms with Crippen LogP contribution in [-0.4, -0.2) is 35.8 Å². The summed E-state index contributed by atoms with van der Waals surface area (Å²) in [4.78, 5) is 24.6. The Bertz CT molecular complexity index is 362. The van der Waals surface area contributed by atoms with Crippen LogP contribution in [0.3, 0.4) is 0 Å². The van der Waals surface area contributed by atoms with E-state index in [1.54, 1.807) is 11.8 Å². The Kier molecular flexibility index (Phi) is 4.70. The van der Waals surface area contributed by atoms with Crippen LogP contribution in [0.1, 0.15) is 26.2 Å². The Hall–Kier alpha value is -1.83. The number of hydrogen-bond donors (Lipinski definition) is 1. The average Bonchev–Trinajstić information content (AvgIpc) is 2.29. The van der Waals surface area contributed by atoms with Gasteiger partial charge in [-0.25, -0.2) is 0 Å². The molecule has 5 heteroatoms. The third-order valence-electron chi connectivity index (χ3n) is 2.75. The maximum absolute atomic E-state index is 11.6. The van der Waals surface area contributed by atoms with Crippen molar-refractivity contribution < 1.29 is 9.59 Å². The van der Waals surface area contributed by atoms with Crippen molar-refractivity contribution in [1.29, 1.82) is 5.26 Å². The van der Waals surface area contributed by atoms with Gasteiger partial charge < -0.3 is 10.2 Å². The molecule has 1 N–H and O–H groups in total. The third kappa shape index (κ3) is 3.91. The molecule has 1 saturated heterocycles. The van der Waals surface area contributed by atoms with Crippen LogP contribution in [0, 0.1) is 11.3 Å². The molecule has 2 amide bonds. The van der Waals surface area contributed by atoms with Crippen LogP contribution < -0.4 is 5.32 Å². The molecule has 0 aromatic carbocycles. The first-order valence-corrected chi connectivity index (χ1v) is 5.65. The number of amides is 2. The number of nitriles is 1. The standard InChI is InChI=1S/C12H17N3O2/c1-9(2)12(17)15-7-4-10(5-8-15)14-11(16)3-6-13/h10H,1,3-5,7-8H2,2H3,(H,14,16). The quantitative estimate of drug-likeness (QED) is 0.727. The zero-order valence-electron chi connectivity index (χ0n) is 10.0. The predicted octanol–water partition coefficient (Wildman–Crippen LogP) is 0.583. The monoisotopic (exact) mass is 235 g/mol. The Balaban J connectivity index is 2.36. The summed E-state index contributed by atoms with van der Waals surface area (Å²) in [5.74, 6) is -0.260. The van der Waals surface area contributed by atoms with Gasteiger partial charge in [0.2, 0.25) is 11.8 Å². The van der Waals surface area contributed by atoms with Crippen LogP contribution in [0.15, 0.2) is 12.2 Å². The summed E-state index contributed by atoms with van der Waals surface area (Å²) in [7, 11) is 0. The number of piperidine rings is 1. The van der Waals surface area contributed by atoms with Gasteiger partial charge in [0.25, 0.3) is 0 Å². The fourth-order valence-electron chi connectivity index (χ4n) is 1.85. The fourth-order valence-corrected chi connectivity index (χ4v) is 1.85. The zero-order chi connectivity index (χ0) is 12.8. The number of carbonyl (C=O) groups excluding carboxylic acids is 2. The van der Waals surface area contributed by atoms with Gasteiger partial charge in [-0.15, -0.1) is 0 Å². The van der Waals surface area contributed by atoms with Crippen molar-refractivity contribution in [3.63, 3.8) is 0 Å². The Labute approximate surface area is 101 Å². The van der Waals surface area contributed by atoms with E-state index in [2.05, 4.69) is 11.9 Å². The number of carbonyl (C=O) groups is 2. The molecule has 0 aliphatic carbocycles. The highest BCUT2D eigenvalue weighted by Gasteiger charge is 2.23. The highest BCUT2D eigenvalue weighted by molar-refractivity contribution is 5.92. The van der Waals surface area contributed by atoms with Gasteiger partial charge in [0.1, 0.15) is 6.42 Å². The minimum Gasteiger partial charge on any atom is -0.352 e. The first kappa shape index (κ1) is 13.2. The number of nitrogens with zero attached hydrogens (tertiary/aromatic N) is 2. The predicted molar refractivity (Wildman–Crippen MR) is 62.8 cm³/mol. The lowest BCUT2D eigenvalue weighted by Gasteiger charge is -2.32. The van der Waals surface area contributed by atoms with Gasteiger partial charge in [-0.05, 0) is 19.8 Å². The smallest absolute Gasteiger partial charge is 0.248 e. The van der Waals surface area contributed by atoms with Gasteiger partial charge in [0.15, 0.2) is 0 Å². The Morgan fingerprint density at radius 3 is 2.53 bits per heavy atom. The zero-order valence-corrected chi connectivity index (χ0v) is 10.0. The molecule has 0 saturated carbocycles. The second-order valence-corrected chi connectivity index (χ2v) is 4.25. The van der Waals surface area contributed by atoms with E-state index in [1.807, 2.05) is 6.07 Å². The average molecular weight is 235 g/mol. The first-order valence-electron chi connectivity index (χ1n) is 5.65. The van der Waals surface area contributed by atoms with E-state index in [0.717, 1.165) is 12.8 Å². The van der Waals surface area contributed by atoms with Gasteiger partial charge in [0.05, 0.1) is 6.07 Å². The van der Waals surface area contributed by atoms with E-state index in [9.17, 15) is 9.59 Å².